The Morgan fingerprint density at radius 2 is 1.78 bits per heavy atom. The third kappa shape index (κ3) is 5.08. The first-order chi connectivity index (χ1) is 10.6. The number of ether oxygens (including phenoxy) is 1. The molecule has 130 valence electrons. The number of hydrogen-bond donors (Lipinski definition) is 1. The standard InChI is InChI=1S/C17H27NO5/c1-10(2)18(11(3)4)15(21)8-6-7-13(19)16-14(20)9-12(5)23-17(16)22/h10-12,19H,6-9H2,1-5H3/b16-13+/t12-/m1/s1. The van der Waals surface area contributed by atoms with Gasteiger partial charge in [0.15, 0.2) is 5.78 Å². The molecule has 0 aromatic heterocycles. The Morgan fingerprint density at radius 3 is 2.26 bits per heavy atom. The number of amides is 1. The van der Waals surface area contributed by atoms with E-state index >= 15 is 0 Å². The lowest BCUT2D eigenvalue weighted by Gasteiger charge is -2.30. The van der Waals surface area contributed by atoms with Crippen molar-refractivity contribution < 1.29 is 24.2 Å². The molecule has 6 heteroatoms. The number of nitrogens with zero attached hydrogens (tertiary/aromatic N) is 1. The molecule has 1 amide bonds. The summed E-state index contributed by atoms with van der Waals surface area (Å²) in [6.07, 6.45) is 0.366. The van der Waals surface area contributed by atoms with E-state index in [4.69, 9.17) is 4.74 Å². The predicted octanol–water partition coefficient (Wildman–Crippen LogP) is 2.52. The maximum atomic E-state index is 12.2. The zero-order valence-electron chi connectivity index (χ0n) is 14.6. The monoisotopic (exact) mass is 325 g/mol. The molecule has 0 saturated carbocycles. The third-order valence-corrected chi connectivity index (χ3v) is 3.76. The molecular formula is C17H27NO5. The highest BCUT2D eigenvalue weighted by Crippen LogP contribution is 2.21. The van der Waals surface area contributed by atoms with Crippen LogP contribution < -0.4 is 0 Å². The van der Waals surface area contributed by atoms with Gasteiger partial charge in [-0.05, 0) is 41.0 Å². The topological polar surface area (TPSA) is 83.9 Å². The van der Waals surface area contributed by atoms with E-state index in [-0.39, 0.29) is 48.6 Å². The van der Waals surface area contributed by atoms with Crippen molar-refractivity contribution in [3.63, 3.8) is 0 Å². The second-order valence-electron chi connectivity index (χ2n) is 6.51. The average molecular weight is 325 g/mol. The first-order valence-electron chi connectivity index (χ1n) is 8.12. The van der Waals surface area contributed by atoms with Crippen LogP contribution in [0.4, 0.5) is 0 Å². The van der Waals surface area contributed by atoms with Gasteiger partial charge in [0.05, 0.1) is 0 Å². The normalized spacial score (nSPS) is 20.7. The predicted molar refractivity (Wildman–Crippen MR) is 85.8 cm³/mol. The van der Waals surface area contributed by atoms with Gasteiger partial charge < -0.3 is 14.7 Å². The summed E-state index contributed by atoms with van der Waals surface area (Å²) in [4.78, 5) is 37.6. The van der Waals surface area contributed by atoms with Crippen molar-refractivity contribution in [2.75, 3.05) is 0 Å². The lowest BCUT2D eigenvalue weighted by Crippen LogP contribution is -2.41. The maximum Gasteiger partial charge on any atom is 0.345 e. The van der Waals surface area contributed by atoms with Crippen LogP contribution >= 0.6 is 0 Å². The Labute approximate surface area is 137 Å². The smallest absolute Gasteiger partial charge is 0.345 e. The summed E-state index contributed by atoms with van der Waals surface area (Å²) >= 11 is 0. The lowest BCUT2D eigenvalue weighted by atomic mass is 9.99. The number of hydrogen-bond acceptors (Lipinski definition) is 5. The number of Topliss-reactive ketones (excluding diaryl/α,β-unsaturated/α-hetero) is 1. The molecule has 1 atom stereocenters. The van der Waals surface area contributed by atoms with E-state index in [1.54, 1.807) is 11.8 Å². The van der Waals surface area contributed by atoms with Gasteiger partial charge in [0, 0.05) is 31.3 Å². The molecule has 6 nitrogen and oxygen atoms in total. The van der Waals surface area contributed by atoms with Crippen LogP contribution in [0.3, 0.4) is 0 Å². The molecule has 0 aliphatic carbocycles. The number of carbonyl (C=O) groups is 3. The van der Waals surface area contributed by atoms with E-state index < -0.39 is 17.9 Å². The molecule has 1 aliphatic heterocycles. The van der Waals surface area contributed by atoms with Crippen molar-refractivity contribution >= 4 is 17.7 Å². The molecule has 0 aromatic rings. The van der Waals surface area contributed by atoms with Gasteiger partial charge in [-0.2, -0.15) is 0 Å². The highest BCUT2D eigenvalue weighted by molar-refractivity contribution is 6.19. The molecule has 1 saturated heterocycles. The van der Waals surface area contributed by atoms with Crippen LogP contribution in [0.15, 0.2) is 11.3 Å². The number of esters is 1. The van der Waals surface area contributed by atoms with Crippen molar-refractivity contribution in [2.45, 2.75) is 78.5 Å². The zero-order chi connectivity index (χ0) is 17.7. The van der Waals surface area contributed by atoms with Crippen molar-refractivity contribution in [1.82, 2.24) is 4.90 Å². The van der Waals surface area contributed by atoms with Gasteiger partial charge in [-0.15, -0.1) is 0 Å². The second-order valence-corrected chi connectivity index (χ2v) is 6.51. The van der Waals surface area contributed by atoms with Crippen molar-refractivity contribution in [1.29, 1.82) is 0 Å². The summed E-state index contributed by atoms with van der Waals surface area (Å²) in [5, 5.41) is 10.0. The van der Waals surface area contributed by atoms with E-state index in [9.17, 15) is 19.5 Å². The van der Waals surface area contributed by atoms with E-state index in [0.29, 0.717) is 6.42 Å². The third-order valence-electron chi connectivity index (χ3n) is 3.76. The molecule has 1 fully saturated rings. The lowest BCUT2D eigenvalue weighted by molar-refractivity contribution is -0.150. The van der Waals surface area contributed by atoms with E-state index in [1.165, 1.54) is 0 Å². The van der Waals surface area contributed by atoms with Gasteiger partial charge in [-0.25, -0.2) is 4.79 Å². The average Bonchev–Trinajstić information content (AvgIpc) is 2.36. The molecule has 0 spiro atoms. The number of allylic oxidation sites excluding steroid dienone is 1. The van der Waals surface area contributed by atoms with Gasteiger partial charge >= 0.3 is 5.97 Å². The van der Waals surface area contributed by atoms with Gasteiger partial charge in [0.1, 0.15) is 17.4 Å². The molecule has 1 heterocycles. The first kappa shape index (κ1) is 19.2. The molecule has 0 unspecified atom stereocenters. The quantitative estimate of drug-likeness (QED) is 0.351. The molecular weight excluding hydrogens is 298 g/mol. The Morgan fingerprint density at radius 1 is 1.22 bits per heavy atom. The maximum absolute atomic E-state index is 12.2. The first-order valence-corrected chi connectivity index (χ1v) is 8.12. The zero-order valence-corrected chi connectivity index (χ0v) is 14.6. The molecule has 23 heavy (non-hydrogen) atoms. The van der Waals surface area contributed by atoms with Crippen molar-refractivity contribution in [3.05, 3.63) is 11.3 Å². The largest absolute Gasteiger partial charge is 0.511 e. The van der Waals surface area contributed by atoms with Crippen LogP contribution in [0.25, 0.3) is 0 Å². The molecule has 1 aliphatic rings. The van der Waals surface area contributed by atoms with Crippen molar-refractivity contribution in [2.24, 2.45) is 0 Å². The molecule has 0 aromatic carbocycles. The van der Waals surface area contributed by atoms with E-state index in [0.717, 1.165) is 0 Å². The minimum absolute atomic E-state index is 0.000954. The summed E-state index contributed by atoms with van der Waals surface area (Å²) in [5.74, 6) is -1.45. The number of rotatable bonds is 6. The van der Waals surface area contributed by atoms with Crippen LogP contribution in [0.1, 0.15) is 60.3 Å². The second kappa shape index (κ2) is 8.13. The number of carbonyl (C=O) groups excluding carboxylic acids is 3. The Kier molecular flexibility index (Phi) is 6.79. The number of ketones is 1. The molecule has 0 bridgehead atoms. The fraction of sp³-hybridized carbons (Fsp3) is 0.706. The number of aliphatic hydroxyl groups is 1. The van der Waals surface area contributed by atoms with E-state index in [1.807, 2.05) is 27.7 Å². The fourth-order valence-electron chi connectivity index (χ4n) is 2.87. The van der Waals surface area contributed by atoms with Crippen LogP contribution in [0.2, 0.25) is 0 Å². The number of cyclic esters (lactones) is 1. The summed E-state index contributed by atoms with van der Waals surface area (Å²) in [6.45, 7) is 9.45. The highest BCUT2D eigenvalue weighted by atomic mass is 16.5. The Bertz CT molecular complexity index is 479. The summed E-state index contributed by atoms with van der Waals surface area (Å²) in [6, 6.07) is 0.205. The van der Waals surface area contributed by atoms with Crippen LogP contribution in [-0.2, 0) is 19.1 Å². The minimum atomic E-state index is -0.774. The van der Waals surface area contributed by atoms with Gasteiger partial charge in [-0.3, -0.25) is 9.59 Å². The minimum Gasteiger partial charge on any atom is -0.511 e. The highest BCUT2D eigenvalue weighted by Gasteiger charge is 2.32. The fourth-order valence-corrected chi connectivity index (χ4v) is 2.87. The SMILES string of the molecule is CC(C)N(C(=O)CCC/C(O)=C1/C(=O)C[C@@H](C)OC1=O)C(C)C. The summed E-state index contributed by atoms with van der Waals surface area (Å²) in [5.41, 5.74) is -0.264. The van der Waals surface area contributed by atoms with Crippen LogP contribution in [-0.4, -0.2) is 45.9 Å². The van der Waals surface area contributed by atoms with E-state index in [2.05, 4.69) is 0 Å². The van der Waals surface area contributed by atoms with Gasteiger partial charge in [-0.1, -0.05) is 0 Å². The Hall–Kier alpha value is -1.85. The number of aliphatic hydroxyl groups excluding tert-OH is 1. The molecule has 0 radical (unpaired) electrons. The van der Waals surface area contributed by atoms with Crippen LogP contribution in [0.5, 0.6) is 0 Å². The van der Waals surface area contributed by atoms with Gasteiger partial charge in [0.25, 0.3) is 0 Å². The van der Waals surface area contributed by atoms with Gasteiger partial charge in [0.2, 0.25) is 5.91 Å². The summed E-state index contributed by atoms with van der Waals surface area (Å²) < 4.78 is 4.97. The van der Waals surface area contributed by atoms with Crippen molar-refractivity contribution in [3.8, 4) is 0 Å². The molecule has 1 N–H and O–H groups in total. The summed E-state index contributed by atoms with van der Waals surface area (Å²) in [7, 11) is 0. The molecule has 1 rings (SSSR count). The van der Waals surface area contributed by atoms with Crippen LogP contribution in [0, 0.1) is 0 Å². The Balaban J connectivity index is 2.64.